The first-order valence-electron chi connectivity index (χ1n) is 8.30. The minimum absolute atomic E-state index is 0.0427. The first-order valence-corrected chi connectivity index (χ1v) is 9.07. The van der Waals surface area contributed by atoms with Crippen LogP contribution in [0, 0.1) is 0 Å². The van der Waals surface area contributed by atoms with Gasteiger partial charge in [-0.2, -0.15) is 9.47 Å². The molecule has 0 unspecified atom stereocenters. The highest BCUT2D eigenvalue weighted by Gasteiger charge is 2.32. The lowest BCUT2D eigenvalue weighted by molar-refractivity contribution is 0.0885. The molecule has 0 radical (unpaired) electrons. The molecule has 134 valence electrons. The molecule has 9 nitrogen and oxygen atoms in total. The van der Waals surface area contributed by atoms with Crippen LogP contribution >= 0.6 is 11.5 Å². The smallest absolute Gasteiger partial charge is 0.324 e. The zero-order valence-electron chi connectivity index (χ0n) is 14.7. The van der Waals surface area contributed by atoms with E-state index in [1.807, 2.05) is 36.9 Å². The molecule has 2 amide bonds. The molecular formula is C15H22N8OS. The lowest BCUT2D eigenvalue weighted by atomic mass is 10.1. The number of carbonyl (C=O) groups is 1. The maximum Gasteiger partial charge on any atom is 0.324 e. The largest absolute Gasteiger partial charge is 0.353 e. The molecule has 0 saturated carbocycles. The van der Waals surface area contributed by atoms with Gasteiger partial charge in [0.25, 0.3) is 0 Å². The summed E-state index contributed by atoms with van der Waals surface area (Å²) in [6.45, 7) is 4.10. The summed E-state index contributed by atoms with van der Waals surface area (Å²) in [5.74, 6) is 0.874. The number of amides is 2. The Hall–Kier alpha value is -2.20. The molecule has 2 fully saturated rings. The molecule has 0 atom stereocenters. The highest BCUT2D eigenvalue weighted by atomic mass is 32.1. The van der Waals surface area contributed by atoms with Gasteiger partial charge in [0.2, 0.25) is 5.13 Å². The van der Waals surface area contributed by atoms with E-state index in [4.69, 9.17) is 0 Å². The molecule has 10 heteroatoms. The van der Waals surface area contributed by atoms with Crippen molar-refractivity contribution < 1.29 is 4.79 Å². The lowest BCUT2D eigenvalue weighted by Crippen LogP contribution is -2.47. The van der Waals surface area contributed by atoms with Gasteiger partial charge >= 0.3 is 6.03 Å². The van der Waals surface area contributed by atoms with Gasteiger partial charge in [-0.1, -0.05) is 0 Å². The monoisotopic (exact) mass is 362 g/mol. The molecule has 2 aliphatic heterocycles. The summed E-state index contributed by atoms with van der Waals surface area (Å²) in [5, 5.41) is 5.39. The van der Waals surface area contributed by atoms with Gasteiger partial charge in [0.15, 0.2) is 5.82 Å². The van der Waals surface area contributed by atoms with Gasteiger partial charge in [0, 0.05) is 65.1 Å². The van der Waals surface area contributed by atoms with Crippen LogP contribution in [0.15, 0.2) is 12.4 Å². The SMILES string of the molecule is CN1CCN(c2cnn(C3CN(Cc4nsc(N(C)C)n4)C3)c2)C1=O. The summed E-state index contributed by atoms with van der Waals surface area (Å²) >= 11 is 1.43. The summed E-state index contributed by atoms with van der Waals surface area (Å²) < 4.78 is 6.37. The highest BCUT2D eigenvalue weighted by Crippen LogP contribution is 2.26. The third-order valence-electron chi connectivity index (χ3n) is 4.63. The number of anilines is 2. The third kappa shape index (κ3) is 3.07. The predicted molar refractivity (Wildman–Crippen MR) is 96.1 cm³/mol. The summed E-state index contributed by atoms with van der Waals surface area (Å²) in [6, 6.07) is 0.386. The van der Waals surface area contributed by atoms with E-state index in [0.29, 0.717) is 6.04 Å². The fourth-order valence-corrected chi connectivity index (χ4v) is 3.68. The van der Waals surface area contributed by atoms with E-state index < -0.39 is 0 Å². The first-order chi connectivity index (χ1) is 12.0. The summed E-state index contributed by atoms with van der Waals surface area (Å²) in [7, 11) is 5.77. The Balaban J connectivity index is 1.32. The van der Waals surface area contributed by atoms with Gasteiger partial charge < -0.3 is 9.80 Å². The second-order valence-corrected chi connectivity index (χ2v) is 7.50. The molecule has 0 aliphatic carbocycles. The van der Waals surface area contributed by atoms with E-state index in [-0.39, 0.29) is 6.03 Å². The van der Waals surface area contributed by atoms with Crippen LogP contribution in [0.3, 0.4) is 0 Å². The number of rotatable bonds is 5. The lowest BCUT2D eigenvalue weighted by Gasteiger charge is -2.38. The number of urea groups is 1. The fraction of sp³-hybridized carbons (Fsp3) is 0.600. The Labute approximate surface area is 150 Å². The van der Waals surface area contributed by atoms with Gasteiger partial charge in [-0.15, -0.1) is 0 Å². The van der Waals surface area contributed by atoms with Crippen molar-refractivity contribution in [2.45, 2.75) is 12.6 Å². The number of hydrogen-bond acceptors (Lipinski definition) is 7. The maximum atomic E-state index is 12.1. The van der Waals surface area contributed by atoms with Gasteiger partial charge in [0.1, 0.15) is 0 Å². The van der Waals surface area contributed by atoms with E-state index >= 15 is 0 Å². The van der Waals surface area contributed by atoms with E-state index in [1.54, 1.807) is 16.0 Å². The number of likely N-dealkylation sites (tertiary alicyclic amines) is 1. The minimum atomic E-state index is 0.0427. The van der Waals surface area contributed by atoms with Crippen LogP contribution in [0.4, 0.5) is 15.6 Å². The zero-order chi connectivity index (χ0) is 17.6. The van der Waals surface area contributed by atoms with Crippen molar-refractivity contribution in [3.05, 3.63) is 18.2 Å². The van der Waals surface area contributed by atoms with Crippen LogP contribution in [0.5, 0.6) is 0 Å². The average Bonchev–Trinajstić information content (AvgIpc) is 3.25. The molecule has 0 bridgehead atoms. The van der Waals surface area contributed by atoms with Crippen LogP contribution in [-0.4, -0.2) is 82.3 Å². The molecule has 2 aliphatic rings. The maximum absolute atomic E-state index is 12.1. The van der Waals surface area contributed by atoms with Crippen molar-refractivity contribution in [2.75, 3.05) is 57.1 Å². The summed E-state index contributed by atoms with van der Waals surface area (Å²) in [6.07, 6.45) is 3.76. The van der Waals surface area contributed by atoms with Crippen LogP contribution in [-0.2, 0) is 6.54 Å². The predicted octanol–water partition coefficient (Wildman–Crippen LogP) is 0.729. The topological polar surface area (TPSA) is 73.6 Å². The second-order valence-electron chi connectivity index (χ2n) is 6.77. The van der Waals surface area contributed by atoms with Crippen LogP contribution in [0.2, 0.25) is 0 Å². The summed E-state index contributed by atoms with van der Waals surface area (Å²) in [4.78, 5) is 24.4. The number of hydrogen-bond donors (Lipinski definition) is 0. The molecule has 0 aromatic carbocycles. The highest BCUT2D eigenvalue weighted by molar-refractivity contribution is 7.09. The van der Waals surface area contributed by atoms with E-state index in [1.165, 1.54) is 11.5 Å². The third-order valence-corrected chi connectivity index (χ3v) is 5.55. The average molecular weight is 362 g/mol. The van der Waals surface area contributed by atoms with E-state index in [0.717, 1.165) is 49.4 Å². The molecule has 2 saturated heterocycles. The molecule has 0 N–H and O–H groups in total. The van der Waals surface area contributed by atoms with Crippen molar-refractivity contribution in [3.63, 3.8) is 0 Å². The standard InChI is InChI=1S/C15H22N8OS/c1-19(2)14-17-13(18-25-14)10-21-7-12(8-21)23-9-11(6-16-23)22-5-4-20(3)15(22)24/h6,9,12H,4-5,7-8,10H2,1-3H3. The van der Waals surface area contributed by atoms with Gasteiger partial charge in [-0.25, -0.2) is 9.78 Å². The number of nitrogens with zero attached hydrogens (tertiary/aromatic N) is 8. The molecular weight excluding hydrogens is 340 g/mol. The van der Waals surface area contributed by atoms with Gasteiger partial charge in [-0.3, -0.25) is 14.5 Å². The molecule has 0 spiro atoms. The van der Waals surface area contributed by atoms with Crippen LogP contribution in [0.1, 0.15) is 11.9 Å². The van der Waals surface area contributed by atoms with Gasteiger partial charge in [-0.05, 0) is 0 Å². The minimum Gasteiger partial charge on any atom is -0.353 e. The van der Waals surface area contributed by atoms with Crippen molar-refractivity contribution in [1.82, 2.24) is 28.9 Å². The van der Waals surface area contributed by atoms with Gasteiger partial charge in [0.05, 0.1) is 24.5 Å². The van der Waals surface area contributed by atoms with E-state index in [9.17, 15) is 4.79 Å². The number of likely N-dealkylation sites (N-methyl/N-ethyl adjacent to an activating group) is 1. The Bertz CT molecular complexity index is 765. The van der Waals surface area contributed by atoms with Crippen molar-refractivity contribution >= 4 is 28.4 Å². The zero-order valence-corrected chi connectivity index (χ0v) is 15.5. The quantitative estimate of drug-likeness (QED) is 0.781. The molecule has 25 heavy (non-hydrogen) atoms. The van der Waals surface area contributed by atoms with Crippen molar-refractivity contribution in [2.24, 2.45) is 0 Å². The first kappa shape index (κ1) is 16.3. The Morgan fingerprint density at radius 3 is 2.76 bits per heavy atom. The fourth-order valence-electron chi connectivity index (χ4n) is 3.08. The molecule has 2 aromatic rings. The van der Waals surface area contributed by atoms with Crippen molar-refractivity contribution in [3.8, 4) is 0 Å². The van der Waals surface area contributed by atoms with Crippen LogP contribution in [0.25, 0.3) is 0 Å². The van der Waals surface area contributed by atoms with E-state index in [2.05, 4.69) is 19.4 Å². The second kappa shape index (κ2) is 6.26. The normalized spacial score (nSPS) is 18.9. The number of aromatic nitrogens is 4. The molecule has 2 aromatic heterocycles. The Morgan fingerprint density at radius 2 is 2.12 bits per heavy atom. The van der Waals surface area contributed by atoms with Crippen LogP contribution < -0.4 is 9.80 Å². The Morgan fingerprint density at radius 1 is 1.32 bits per heavy atom. The summed E-state index contributed by atoms with van der Waals surface area (Å²) in [5.41, 5.74) is 0.879. The number of carbonyl (C=O) groups excluding carboxylic acids is 1. The molecule has 4 heterocycles. The Kier molecular flexibility index (Phi) is 4.08. The van der Waals surface area contributed by atoms with Crippen molar-refractivity contribution in [1.29, 1.82) is 0 Å². The molecule has 4 rings (SSSR count).